The van der Waals surface area contributed by atoms with E-state index in [2.05, 4.69) is 10.3 Å². The second-order valence-electron chi connectivity index (χ2n) is 3.70. The average molecular weight is 211 g/mol. The van der Waals surface area contributed by atoms with Crippen LogP contribution in [0.3, 0.4) is 0 Å². The SMILES string of the molecule is COCCCn1nnc(C=O)c1C(C)C. The number of carbonyl (C=O) groups excluding carboxylic acids is 1. The molecule has 0 bridgehead atoms. The highest BCUT2D eigenvalue weighted by atomic mass is 16.5. The standard InChI is InChI=1S/C10H17N3O2/c1-8(2)10-9(7-14)11-12-13(10)5-4-6-15-3/h7-8H,4-6H2,1-3H3. The van der Waals surface area contributed by atoms with E-state index in [-0.39, 0.29) is 5.92 Å². The molecule has 0 aliphatic carbocycles. The molecule has 84 valence electrons. The van der Waals surface area contributed by atoms with Crippen LogP contribution in [0.25, 0.3) is 0 Å². The number of aldehydes is 1. The Kier molecular flexibility index (Phi) is 4.42. The van der Waals surface area contributed by atoms with Crippen molar-refractivity contribution in [1.29, 1.82) is 0 Å². The molecular formula is C10H17N3O2. The maximum Gasteiger partial charge on any atom is 0.172 e. The summed E-state index contributed by atoms with van der Waals surface area (Å²) < 4.78 is 6.75. The molecule has 0 N–H and O–H groups in total. The second-order valence-corrected chi connectivity index (χ2v) is 3.70. The Labute approximate surface area is 89.4 Å². The number of aryl methyl sites for hydroxylation is 1. The number of ether oxygens (including phenoxy) is 1. The molecule has 5 heteroatoms. The quantitative estimate of drug-likeness (QED) is 0.525. The first-order valence-electron chi connectivity index (χ1n) is 5.08. The Morgan fingerprint density at radius 3 is 2.80 bits per heavy atom. The minimum atomic E-state index is 0.253. The van der Waals surface area contributed by atoms with E-state index in [1.165, 1.54) is 0 Å². The number of aromatic nitrogens is 3. The summed E-state index contributed by atoms with van der Waals surface area (Å²) in [6, 6.07) is 0. The molecule has 1 aromatic heterocycles. The summed E-state index contributed by atoms with van der Waals surface area (Å²) in [5.41, 5.74) is 1.35. The van der Waals surface area contributed by atoms with Gasteiger partial charge in [-0.2, -0.15) is 0 Å². The van der Waals surface area contributed by atoms with E-state index < -0.39 is 0 Å². The maximum atomic E-state index is 10.7. The highest BCUT2D eigenvalue weighted by molar-refractivity contribution is 5.73. The summed E-state index contributed by atoms with van der Waals surface area (Å²) in [7, 11) is 1.67. The first-order valence-corrected chi connectivity index (χ1v) is 5.08. The van der Waals surface area contributed by atoms with Gasteiger partial charge in [-0.05, 0) is 12.3 Å². The number of nitrogens with zero attached hydrogens (tertiary/aromatic N) is 3. The van der Waals surface area contributed by atoms with E-state index in [1.807, 2.05) is 13.8 Å². The van der Waals surface area contributed by atoms with Gasteiger partial charge < -0.3 is 4.74 Å². The molecule has 0 atom stereocenters. The Balaban J connectivity index is 2.78. The first kappa shape index (κ1) is 11.8. The minimum absolute atomic E-state index is 0.253. The lowest BCUT2D eigenvalue weighted by molar-refractivity contribution is 0.111. The number of rotatable bonds is 6. The van der Waals surface area contributed by atoms with Crippen LogP contribution in [0, 0.1) is 0 Å². The van der Waals surface area contributed by atoms with Gasteiger partial charge in [0.25, 0.3) is 0 Å². The maximum absolute atomic E-state index is 10.7. The van der Waals surface area contributed by atoms with Crippen LogP contribution in [0.1, 0.15) is 42.4 Å². The summed E-state index contributed by atoms with van der Waals surface area (Å²) in [6.45, 7) is 5.48. The molecule has 0 aromatic carbocycles. The van der Waals surface area contributed by atoms with E-state index in [9.17, 15) is 4.79 Å². The van der Waals surface area contributed by atoms with Crippen LogP contribution in [-0.4, -0.2) is 35.0 Å². The lowest BCUT2D eigenvalue weighted by atomic mass is 10.1. The van der Waals surface area contributed by atoms with Gasteiger partial charge in [0.15, 0.2) is 6.29 Å². The Bertz CT molecular complexity index is 320. The first-order chi connectivity index (χ1) is 7.20. The molecule has 0 unspecified atom stereocenters. The van der Waals surface area contributed by atoms with Crippen LogP contribution >= 0.6 is 0 Å². The molecule has 0 aliphatic rings. The molecule has 0 fully saturated rings. The normalized spacial score (nSPS) is 10.9. The van der Waals surface area contributed by atoms with E-state index >= 15 is 0 Å². The van der Waals surface area contributed by atoms with Crippen molar-refractivity contribution < 1.29 is 9.53 Å². The molecule has 0 aliphatic heterocycles. The summed E-state index contributed by atoms with van der Waals surface area (Å²) in [5, 5.41) is 7.80. The second kappa shape index (κ2) is 5.60. The van der Waals surface area contributed by atoms with Crippen molar-refractivity contribution in [2.75, 3.05) is 13.7 Å². The molecule has 0 saturated carbocycles. The van der Waals surface area contributed by atoms with Gasteiger partial charge in [0.1, 0.15) is 5.69 Å². The molecule has 0 spiro atoms. The van der Waals surface area contributed by atoms with Crippen molar-refractivity contribution in [3.8, 4) is 0 Å². The highest BCUT2D eigenvalue weighted by Gasteiger charge is 2.14. The van der Waals surface area contributed by atoms with Gasteiger partial charge in [-0.15, -0.1) is 5.10 Å². The van der Waals surface area contributed by atoms with E-state index in [0.717, 1.165) is 24.9 Å². The van der Waals surface area contributed by atoms with Gasteiger partial charge in [0.2, 0.25) is 0 Å². The Morgan fingerprint density at radius 1 is 1.53 bits per heavy atom. The molecule has 15 heavy (non-hydrogen) atoms. The lowest BCUT2D eigenvalue weighted by Gasteiger charge is -2.08. The molecule has 5 nitrogen and oxygen atoms in total. The monoisotopic (exact) mass is 211 g/mol. The van der Waals surface area contributed by atoms with Gasteiger partial charge in [0, 0.05) is 20.3 Å². The fourth-order valence-corrected chi connectivity index (χ4v) is 1.54. The van der Waals surface area contributed by atoms with E-state index in [1.54, 1.807) is 11.8 Å². The van der Waals surface area contributed by atoms with Crippen LogP contribution in [0.2, 0.25) is 0 Å². The van der Waals surface area contributed by atoms with Crippen molar-refractivity contribution in [2.45, 2.75) is 32.7 Å². The zero-order valence-electron chi connectivity index (χ0n) is 9.43. The van der Waals surface area contributed by atoms with E-state index in [4.69, 9.17) is 4.74 Å². The van der Waals surface area contributed by atoms with Crippen molar-refractivity contribution >= 4 is 6.29 Å². The predicted molar refractivity (Wildman–Crippen MR) is 56.0 cm³/mol. The van der Waals surface area contributed by atoms with Crippen LogP contribution < -0.4 is 0 Å². The molecule has 0 radical (unpaired) electrons. The van der Waals surface area contributed by atoms with Gasteiger partial charge >= 0.3 is 0 Å². The largest absolute Gasteiger partial charge is 0.385 e. The Hall–Kier alpha value is -1.23. The van der Waals surface area contributed by atoms with Crippen LogP contribution in [-0.2, 0) is 11.3 Å². The van der Waals surface area contributed by atoms with Crippen LogP contribution in [0.4, 0.5) is 0 Å². The average Bonchev–Trinajstić information content (AvgIpc) is 2.61. The summed E-state index contributed by atoms with van der Waals surface area (Å²) >= 11 is 0. The van der Waals surface area contributed by atoms with Crippen molar-refractivity contribution in [1.82, 2.24) is 15.0 Å². The van der Waals surface area contributed by atoms with Crippen LogP contribution in [0.5, 0.6) is 0 Å². The minimum Gasteiger partial charge on any atom is -0.385 e. The third-order valence-electron chi connectivity index (χ3n) is 2.18. The summed E-state index contributed by atoms with van der Waals surface area (Å²) in [4.78, 5) is 10.7. The third kappa shape index (κ3) is 2.86. The number of methoxy groups -OCH3 is 1. The Morgan fingerprint density at radius 2 is 2.27 bits per heavy atom. The van der Waals surface area contributed by atoms with Gasteiger partial charge in [-0.1, -0.05) is 19.1 Å². The smallest absolute Gasteiger partial charge is 0.172 e. The molecule has 0 amide bonds. The fourth-order valence-electron chi connectivity index (χ4n) is 1.54. The predicted octanol–water partition coefficient (Wildman–Crippen LogP) is 1.25. The number of hydrogen-bond acceptors (Lipinski definition) is 4. The molecule has 1 aromatic rings. The summed E-state index contributed by atoms with van der Waals surface area (Å²) in [5.74, 6) is 0.253. The molecule has 1 heterocycles. The molecular weight excluding hydrogens is 194 g/mol. The van der Waals surface area contributed by atoms with Crippen LogP contribution in [0.15, 0.2) is 0 Å². The van der Waals surface area contributed by atoms with Gasteiger partial charge in [-0.3, -0.25) is 4.79 Å². The fraction of sp³-hybridized carbons (Fsp3) is 0.700. The third-order valence-corrected chi connectivity index (χ3v) is 2.18. The van der Waals surface area contributed by atoms with Crippen molar-refractivity contribution in [3.63, 3.8) is 0 Å². The van der Waals surface area contributed by atoms with Gasteiger partial charge in [-0.25, -0.2) is 4.68 Å². The van der Waals surface area contributed by atoms with E-state index in [0.29, 0.717) is 12.3 Å². The van der Waals surface area contributed by atoms with Crippen molar-refractivity contribution in [2.24, 2.45) is 0 Å². The number of carbonyl (C=O) groups is 1. The lowest BCUT2D eigenvalue weighted by Crippen LogP contribution is -2.09. The molecule has 0 saturated heterocycles. The highest BCUT2D eigenvalue weighted by Crippen LogP contribution is 2.16. The topological polar surface area (TPSA) is 57.0 Å². The summed E-state index contributed by atoms with van der Waals surface area (Å²) in [6.07, 6.45) is 1.63. The van der Waals surface area contributed by atoms with Crippen molar-refractivity contribution in [3.05, 3.63) is 11.4 Å². The van der Waals surface area contributed by atoms with Gasteiger partial charge in [0.05, 0.1) is 5.69 Å². The molecule has 1 rings (SSSR count). The number of hydrogen-bond donors (Lipinski definition) is 0. The zero-order chi connectivity index (χ0) is 11.3. The zero-order valence-corrected chi connectivity index (χ0v) is 9.43.